The average Bonchev–Trinajstić information content (AvgIpc) is 3.58. The fraction of sp³-hybridized carbons (Fsp3) is 0.293. The third-order valence-corrected chi connectivity index (χ3v) is 9.28. The summed E-state index contributed by atoms with van der Waals surface area (Å²) in [5.41, 5.74) is 14.2. The van der Waals surface area contributed by atoms with Gasteiger partial charge in [-0.15, -0.1) is 0 Å². The molecule has 5 rings (SSSR count). The van der Waals surface area contributed by atoms with Crippen LogP contribution in [0.4, 0.5) is 0 Å². The van der Waals surface area contributed by atoms with Crippen LogP contribution >= 0.6 is 0 Å². The zero-order valence-electron chi connectivity index (χ0n) is 30.1. The number of aliphatic carboxylic acids is 1. The van der Waals surface area contributed by atoms with Gasteiger partial charge in [-0.2, -0.15) is 0 Å². The fourth-order valence-electron chi connectivity index (χ4n) is 6.31. The van der Waals surface area contributed by atoms with Crippen LogP contribution in [-0.4, -0.2) is 70.4 Å². The number of carbonyl (C=O) groups excluding carboxylic acids is 4. The summed E-state index contributed by atoms with van der Waals surface area (Å²) in [6.45, 7) is 1.89. The van der Waals surface area contributed by atoms with Gasteiger partial charge < -0.3 is 42.8 Å². The number of amides is 4. The Morgan fingerprint density at radius 2 is 1.31 bits per heavy atom. The summed E-state index contributed by atoms with van der Waals surface area (Å²) in [7, 11) is 0. The van der Waals surface area contributed by atoms with Crippen molar-refractivity contribution in [2.75, 3.05) is 6.54 Å². The maximum Gasteiger partial charge on any atom is 0.326 e. The quantitative estimate of drug-likeness (QED) is 0.0624. The van der Waals surface area contributed by atoms with E-state index in [9.17, 15) is 29.1 Å². The number of hydrogen-bond acceptors (Lipinski definition) is 7. The Balaban J connectivity index is 1.45. The highest BCUT2D eigenvalue weighted by atomic mass is 16.4. The van der Waals surface area contributed by atoms with Crippen molar-refractivity contribution >= 4 is 51.3 Å². The van der Waals surface area contributed by atoms with Crippen molar-refractivity contribution in [3.63, 3.8) is 0 Å². The molecule has 1 heterocycles. The number of carbonyl (C=O) groups is 5. The van der Waals surface area contributed by atoms with Gasteiger partial charge in [0.2, 0.25) is 23.6 Å². The van der Waals surface area contributed by atoms with Crippen LogP contribution in [0, 0.1) is 0 Å². The summed E-state index contributed by atoms with van der Waals surface area (Å²) in [4.78, 5) is 70.5. The lowest BCUT2D eigenvalue weighted by Crippen LogP contribution is -2.57. The molecular weight excluding hydrogens is 686 g/mol. The van der Waals surface area contributed by atoms with Crippen molar-refractivity contribution in [1.29, 1.82) is 0 Å². The fourth-order valence-corrected chi connectivity index (χ4v) is 6.31. The van der Waals surface area contributed by atoms with Gasteiger partial charge in [-0.3, -0.25) is 19.2 Å². The molecule has 0 bridgehead atoms. The minimum absolute atomic E-state index is 0.0193. The molecule has 5 atom stereocenters. The summed E-state index contributed by atoms with van der Waals surface area (Å²) < 4.78 is 0. The summed E-state index contributed by atoms with van der Waals surface area (Å²) in [6, 6.07) is 23.7. The molecule has 5 aromatic rings. The number of rotatable bonds is 18. The van der Waals surface area contributed by atoms with E-state index >= 15 is 0 Å². The molecule has 0 aliphatic carbocycles. The molecule has 0 saturated carbocycles. The largest absolute Gasteiger partial charge is 0.480 e. The maximum atomic E-state index is 14.4. The highest BCUT2D eigenvalue weighted by Crippen LogP contribution is 2.21. The molecule has 0 radical (unpaired) electrons. The Kier molecular flexibility index (Phi) is 13.5. The molecule has 4 amide bonds. The first-order valence-corrected chi connectivity index (χ1v) is 18.0. The molecule has 0 fully saturated rings. The van der Waals surface area contributed by atoms with Crippen LogP contribution < -0.4 is 32.7 Å². The summed E-state index contributed by atoms with van der Waals surface area (Å²) in [5.74, 6) is -3.83. The standard InChI is InChI=1S/C41H47N7O6/c1-25(43)37(49)46-34(22-26-18-19-27-11-5-6-14-29(27)21-26)38(50)47-35(23-30-24-44-32-16-8-7-15-31(30)32)39(51)48-36(28-12-3-2-4-13-28)40(52)45-33(41(53)54)17-9-10-20-42/h2-8,11-16,18-19,21,24-25,33-36,44H,9-10,17,20,22-23,42-43H2,1H3,(H,45,52)(H,46,49)(H,47,50)(H,48,51)(H,53,54)/t25-,33+,34-,35+,36-/m1/s1. The number of fused-ring (bicyclic) bond motifs is 2. The molecule has 1 aromatic heterocycles. The van der Waals surface area contributed by atoms with Crippen LogP contribution in [-0.2, 0) is 36.8 Å². The molecule has 0 aliphatic rings. The first-order valence-electron chi connectivity index (χ1n) is 18.0. The molecule has 13 nitrogen and oxygen atoms in total. The highest BCUT2D eigenvalue weighted by Gasteiger charge is 2.33. The number of carboxylic acids is 1. The third kappa shape index (κ3) is 10.3. The monoisotopic (exact) mass is 733 g/mol. The molecule has 54 heavy (non-hydrogen) atoms. The van der Waals surface area contributed by atoms with Crippen molar-refractivity contribution in [2.45, 2.75) is 69.2 Å². The molecule has 0 saturated heterocycles. The van der Waals surface area contributed by atoms with Crippen LogP contribution in [0.15, 0.2) is 103 Å². The smallest absolute Gasteiger partial charge is 0.326 e. The number of aromatic nitrogens is 1. The lowest BCUT2D eigenvalue weighted by molar-refractivity contribution is -0.142. The predicted molar refractivity (Wildman–Crippen MR) is 207 cm³/mol. The molecule has 4 aromatic carbocycles. The molecule has 282 valence electrons. The summed E-state index contributed by atoms with van der Waals surface area (Å²) >= 11 is 0. The molecule has 0 spiro atoms. The van der Waals surface area contributed by atoms with Gasteiger partial charge in [-0.05, 0) is 66.3 Å². The van der Waals surface area contributed by atoms with Crippen LogP contribution in [0.3, 0.4) is 0 Å². The minimum Gasteiger partial charge on any atom is -0.480 e. The number of unbranched alkanes of at least 4 members (excludes halogenated alkanes) is 1. The SMILES string of the molecule is C[C@@H](N)C(=O)N[C@H](Cc1ccc2ccccc2c1)C(=O)N[C@@H](Cc1c[nH]c2ccccc12)C(=O)N[C@@H](C(=O)N[C@@H](CCCCN)C(=O)O)c1ccccc1. The maximum absolute atomic E-state index is 14.4. The third-order valence-electron chi connectivity index (χ3n) is 9.28. The van der Waals surface area contributed by atoms with Crippen LogP contribution in [0.25, 0.3) is 21.7 Å². The molecule has 0 unspecified atom stereocenters. The topological polar surface area (TPSA) is 222 Å². The van der Waals surface area contributed by atoms with E-state index in [0.29, 0.717) is 24.9 Å². The molecule has 10 N–H and O–H groups in total. The number of para-hydroxylation sites is 1. The van der Waals surface area contributed by atoms with Crippen molar-refractivity contribution in [2.24, 2.45) is 11.5 Å². The first kappa shape index (κ1) is 39.2. The van der Waals surface area contributed by atoms with Crippen molar-refractivity contribution in [3.8, 4) is 0 Å². The highest BCUT2D eigenvalue weighted by molar-refractivity contribution is 5.96. The zero-order valence-corrected chi connectivity index (χ0v) is 30.1. The van der Waals surface area contributed by atoms with E-state index in [1.54, 1.807) is 36.5 Å². The van der Waals surface area contributed by atoms with E-state index in [2.05, 4.69) is 26.3 Å². The second-order valence-corrected chi connectivity index (χ2v) is 13.4. The predicted octanol–water partition coefficient (Wildman–Crippen LogP) is 2.98. The number of nitrogens with one attached hydrogen (secondary N) is 5. The van der Waals surface area contributed by atoms with Gasteiger partial charge in [0, 0.05) is 29.9 Å². The van der Waals surface area contributed by atoms with Gasteiger partial charge in [0.25, 0.3) is 0 Å². The number of H-pyrrole nitrogens is 1. The van der Waals surface area contributed by atoms with Crippen molar-refractivity contribution in [3.05, 3.63) is 120 Å². The van der Waals surface area contributed by atoms with Gasteiger partial charge in [-0.1, -0.05) is 91.0 Å². The van der Waals surface area contributed by atoms with Gasteiger partial charge in [0.15, 0.2) is 0 Å². The number of hydrogen-bond donors (Lipinski definition) is 8. The molecule has 13 heteroatoms. The lowest BCUT2D eigenvalue weighted by Gasteiger charge is -2.27. The van der Waals surface area contributed by atoms with Crippen molar-refractivity contribution < 1.29 is 29.1 Å². The number of nitrogens with two attached hydrogens (primary N) is 2. The van der Waals surface area contributed by atoms with Crippen LogP contribution in [0.1, 0.15) is 48.9 Å². The van der Waals surface area contributed by atoms with E-state index in [4.69, 9.17) is 11.5 Å². The Morgan fingerprint density at radius 3 is 2.04 bits per heavy atom. The Labute approximate surface area is 313 Å². The number of aromatic amines is 1. The van der Waals surface area contributed by atoms with E-state index in [1.165, 1.54) is 6.92 Å². The van der Waals surface area contributed by atoms with Gasteiger partial charge >= 0.3 is 5.97 Å². The molecule has 0 aliphatic heterocycles. The zero-order chi connectivity index (χ0) is 38.6. The Hall–Kier alpha value is -6.05. The lowest BCUT2D eigenvalue weighted by atomic mass is 9.99. The Morgan fingerprint density at radius 1 is 0.685 bits per heavy atom. The van der Waals surface area contributed by atoms with Crippen LogP contribution in [0.2, 0.25) is 0 Å². The number of benzene rings is 4. The first-order chi connectivity index (χ1) is 26.0. The second-order valence-electron chi connectivity index (χ2n) is 13.4. The Bertz CT molecular complexity index is 2080. The number of carboxylic acid groups (broad SMARTS) is 1. The average molecular weight is 734 g/mol. The van der Waals surface area contributed by atoms with E-state index in [1.807, 2.05) is 66.7 Å². The van der Waals surface area contributed by atoms with Gasteiger partial charge in [0.1, 0.15) is 24.2 Å². The van der Waals surface area contributed by atoms with E-state index in [0.717, 1.165) is 32.8 Å². The van der Waals surface area contributed by atoms with Crippen LogP contribution in [0.5, 0.6) is 0 Å². The van der Waals surface area contributed by atoms with Crippen molar-refractivity contribution in [1.82, 2.24) is 26.3 Å². The molecular formula is C41H47N7O6. The summed E-state index contributed by atoms with van der Waals surface area (Å²) in [5, 5.41) is 23.6. The van der Waals surface area contributed by atoms with E-state index < -0.39 is 59.8 Å². The second kappa shape index (κ2) is 18.6. The minimum atomic E-state index is -1.30. The summed E-state index contributed by atoms with van der Waals surface area (Å²) in [6.07, 6.45) is 3.09. The van der Waals surface area contributed by atoms with Gasteiger partial charge in [0.05, 0.1) is 6.04 Å². The van der Waals surface area contributed by atoms with E-state index in [-0.39, 0.29) is 19.3 Å². The van der Waals surface area contributed by atoms with Gasteiger partial charge in [-0.25, -0.2) is 4.79 Å². The normalized spacial score (nSPS) is 14.0.